The lowest BCUT2D eigenvalue weighted by Gasteiger charge is -2.36. The average Bonchev–Trinajstić information content (AvgIpc) is 2.99. The Kier molecular flexibility index (Phi) is 5.85. The molecule has 2 amide bonds. The van der Waals surface area contributed by atoms with Crippen molar-refractivity contribution in [2.45, 2.75) is 70.1 Å². The molecule has 0 aliphatic carbocycles. The summed E-state index contributed by atoms with van der Waals surface area (Å²) in [6.45, 7) is 3.47. The topological polar surface area (TPSA) is 78.9 Å². The van der Waals surface area contributed by atoms with Gasteiger partial charge in [0.1, 0.15) is 0 Å². The van der Waals surface area contributed by atoms with E-state index >= 15 is 0 Å². The van der Waals surface area contributed by atoms with E-state index in [1.54, 1.807) is 0 Å². The Morgan fingerprint density at radius 1 is 1.33 bits per heavy atom. The van der Waals surface area contributed by atoms with Gasteiger partial charge in [0.05, 0.1) is 12.1 Å². The Morgan fingerprint density at radius 2 is 2.14 bits per heavy atom. The molecule has 0 bridgehead atoms. The quantitative estimate of drug-likeness (QED) is 0.813. The van der Waals surface area contributed by atoms with Crippen molar-refractivity contribution in [1.29, 1.82) is 0 Å². The second kappa shape index (κ2) is 7.64. The summed E-state index contributed by atoms with van der Waals surface area (Å²) in [5.41, 5.74) is 0. The second-order valence-corrected chi connectivity index (χ2v) is 6.07. The molecule has 120 valence electrons. The molecule has 2 aliphatic rings. The predicted molar refractivity (Wildman–Crippen MR) is 78.2 cm³/mol. The molecule has 6 nitrogen and oxygen atoms in total. The maximum absolute atomic E-state index is 12.4. The highest BCUT2D eigenvalue weighted by atomic mass is 16.5. The number of likely N-dealkylation sites (tertiary alicyclic amines) is 1. The van der Waals surface area contributed by atoms with Gasteiger partial charge in [0.25, 0.3) is 0 Å². The van der Waals surface area contributed by atoms with Gasteiger partial charge in [-0.3, -0.25) is 4.79 Å². The first kappa shape index (κ1) is 16.1. The highest BCUT2D eigenvalue weighted by Crippen LogP contribution is 2.22. The Balaban J connectivity index is 1.86. The largest absolute Gasteiger partial charge is 0.481 e. The summed E-state index contributed by atoms with van der Waals surface area (Å²) in [6.07, 6.45) is 5.76. The first-order chi connectivity index (χ1) is 10.1. The standard InChI is InChI=1S/C15H26N2O4/c1-11(13-6-4-10-21-13)16-15(20)17-9-3-2-5-12(17)7-8-14(18)19/h11-13H,2-10H2,1H3,(H,16,20)(H,18,19). The van der Waals surface area contributed by atoms with Gasteiger partial charge in [0, 0.05) is 25.6 Å². The number of aliphatic carboxylic acids is 1. The molecule has 2 aliphatic heterocycles. The first-order valence-corrected chi connectivity index (χ1v) is 7.98. The van der Waals surface area contributed by atoms with Crippen molar-refractivity contribution in [3.63, 3.8) is 0 Å². The van der Waals surface area contributed by atoms with Crippen LogP contribution in [0.2, 0.25) is 0 Å². The number of carbonyl (C=O) groups excluding carboxylic acids is 1. The number of carboxylic acid groups (broad SMARTS) is 1. The molecule has 2 fully saturated rings. The third-order valence-electron chi connectivity index (χ3n) is 4.45. The Bertz CT molecular complexity index is 369. The van der Waals surface area contributed by atoms with E-state index in [1.165, 1.54) is 0 Å². The van der Waals surface area contributed by atoms with Crippen molar-refractivity contribution in [1.82, 2.24) is 10.2 Å². The Labute approximate surface area is 125 Å². The van der Waals surface area contributed by atoms with Crippen molar-refractivity contribution in [3.8, 4) is 0 Å². The molecule has 0 aromatic rings. The summed E-state index contributed by atoms with van der Waals surface area (Å²) in [5.74, 6) is -0.798. The number of carboxylic acids is 1. The van der Waals surface area contributed by atoms with Crippen LogP contribution in [0.25, 0.3) is 0 Å². The number of urea groups is 1. The number of nitrogens with one attached hydrogen (secondary N) is 1. The summed E-state index contributed by atoms with van der Waals surface area (Å²) in [6, 6.07) is -0.0262. The van der Waals surface area contributed by atoms with E-state index in [2.05, 4.69) is 5.32 Å². The SMILES string of the molecule is CC(NC(=O)N1CCCCC1CCC(=O)O)C1CCCO1. The summed E-state index contributed by atoms with van der Waals surface area (Å²) < 4.78 is 5.60. The smallest absolute Gasteiger partial charge is 0.317 e. The van der Waals surface area contributed by atoms with Crippen LogP contribution in [0.5, 0.6) is 0 Å². The minimum atomic E-state index is -0.798. The van der Waals surface area contributed by atoms with Crippen LogP contribution in [-0.2, 0) is 9.53 Å². The fourth-order valence-corrected chi connectivity index (χ4v) is 3.23. The summed E-state index contributed by atoms with van der Waals surface area (Å²) in [4.78, 5) is 25.0. The van der Waals surface area contributed by atoms with Gasteiger partial charge in [0.2, 0.25) is 0 Å². The Hall–Kier alpha value is -1.30. The van der Waals surface area contributed by atoms with E-state index in [9.17, 15) is 9.59 Å². The zero-order valence-electron chi connectivity index (χ0n) is 12.7. The lowest BCUT2D eigenvalue weighted by atomic mass is 9.98. The third-order valence-corrected chi connectivity index (χ3v) is 4.45. The van der Waals surface area contributed by atoms with Crippen LogP contribution in [0.15, 0.2) is 0 Å². The normalized spacial score (nSPS) is 27.4. The van der Waals surface area contributed by atoms with Gasteiger partial charge in [0.15, 0.2) is 0 Å². The predicted octanol–water partition coefficient (Wildman–Crippen LogP) is 1.98. The number of carbonyl (C=O) groups is 2. The number of ether oxygens (including phenoxy) is 1. The van der Waals surface area contributed by atoms with Crippen LogP contribution in [0.3, 0.4) is 0 Å². The lowest BCUT2D eigenvalue weighted by Crippen LogP contribution is -2.52. The van der Waals surface area contributed by atoms with Crippen LogP contribution in [0.4, 0.5) is 4.79 Å². The zero-order chi connectivity index (χ0) is 15.2. The molecule has 2 heterocycles. The van der Waals surface area contributed by atoms with Crippen LogP contribution in [0, 0.1) is 0 Å². The molecule has 6 heteroatoms. The second-order valence-electron chi connectivity index (χ2n) is 6.07. The van der Waals surface area contributed by atoms with Gasteiger partial charge in [-0.1, -0.05) is 0 Å². The number of hydrogen-bond acceptors (Lipinski definition) is 3. The Morgan fingerprint density at radius 3 is 2.81 bits per heavy atom. The lowest BCUT2D eigenvalue weighted by molar-refractivity contribution is -0.137. The number of hydrogen-bond donors (Lipinski definition) is 2. The van der Waals surface area contributed by atoms with Crippen molar-refractivity contribution in [2.75, 3.05) is 13.2 Å². The molecule has 21 heavy (non-hydrogen) atoms. The number of rotatable bonds is 5. The van der Waals surface area contributed by atoms with E-state index in [4.69, 9.17) is 9.84 Å². The molecule has 2 rings (SSSR count). The molecule has 0 saturated carbocycles. The minimum absolute atomic E-state index is 0.00190. The summed E-state index contributed by atoms with van der Waals surface area (Å²) in [5, 5.41) is 11.8. The van der Waals surface area contributed by atoms with Gasteiger partial charge in [-0.25, -0.2) is 4.79 Å². The molecule has 0 aromatic heterocycles. The van der Waals surface area contributed by atoms with Gasteiger partial charge in [-0.05, 0) is 45.4 Å². The molecule has 0 radical (unpaired) electrons. The summed E-state index contributed by atoms with van der Waals surface area (Å²) in [7, 11) is 0. The van der Waals surface area contributed by atoms with Crippen molar-refractivity contribution in [2.24, 2.45) is 0 Å². The fraction of sp³-hybridized carbons (Fsp3) is 0.867. The highest BCUT2D eigenvalue weighted by Gasteiger charge is 2.30. The van der Waals surface area contributed by atoms with Crippen molar-refractivity contribution in [3.05, 3.63) is 0 Å². The molecule has 0 aromatic carbocycles. The molecular formula is C15H26N2O4. The highest BCUT2D eigenvalue weighted by molar-refractivity contribution is 5.75. The fourth-order valence-electron chi connectivity index (χ4n) is 3.23. The van der Waals surface area contributed by atoms with E-state index < -0.39 is 5.97 Å². The van der Waals surface area contributed by atoms with Crippen molar-refractivity contribution < 1.29 is 19.4 Å². The van der Waals surface area contributed by atoms with E-state index in [1.807, 2.05) is 11.8 Å². The molecule has 3 unspecified atom stereocenters. The average molecular weight is 298 g/mol. The first-order valence-electron chi connectivity index (χ1n) is 7.98. The molecular weight excluding hydrogens is 272 g/mol. The van der Waals surface area contributed by atoms with E-state index in [0.717, 1.165) is 38.7 Å². The number of amides is 2. The number of nitrogens with zero attached hydrogens (tertiary/aromatic N) is 1. The number of piperidine rings is 1. The maximum Gasteiger partial charge on any atom is 0.317 e. The van der Waals surface area contributed by atoms with E-state index in [0.29, 0.717) is 13.0 Å². The van der Waals surface area contributed by atoms with E-state index in [-0.39, 0.29) is 30.6 Å². The zero-order valence-corrected chi connectivity index (χ0v) is 12.7. The summed E-state index contributed by atoms with van der Waals surface area (Å²) >= 11 is 0. The van der Waals surface area contributed by atoms with Gasteiger partial charge in [-0.15, -0.1) is 0 Å². The van der Waals surface area contributed by atoms with Crippen molar-refractivity contribution >= 4 is 12.0 Å². The maximum atomic E-state index is 12.4. The molecule has 3 atom stereocenters. The molecule has 0 spiro atoms. The third kappa shape index (κ3) is 4.59. The van der Waals surface area contributed by atoms with Crippen LogP contribution in [0.1, 0.15) is 51.9 Å². The van der Waals surface area contributed by atoms with Crippen LogP contribution in [-0.4, -0.2) is 53.3 Å². The van der Waals surface area contributed by atoms with Crippen LogP contribution < -0.4 is 5.32 Å². The minimum Gasteiger partial charge on any atom is -0.481 e. The monoisotopic (exact) mass is 298 g/mol. The molecule has 2 saturated heterocycles. The van der Waals surface area contributed by atoms with Gasteiger partial charge in [-0.2, -0.15) is 0 Å². The molecule has 2 N–H and O–H groups in total. The van der Waals surface area contributed by atoms with Gasteiger partial charge < -0.3 is 20.1 Å². The van der Waals surface area contributed by atoms with Gasteiger partial charge >= 0.3 is 12.0 Å². The van der Waals surface area contributed by atoms with Crippen LogP contribution >= 0.6 is 0 Å².